The summed E-state index contributed by atoms with van der Waals surface area (Å²) < 4.78 is 0.790. The molecule has 0 unspecified atom stereocenters. The minimum Gasteiger partial charge on any atom is -0.399 e. The van der Waals surface area contributed by atoms with Crippen LogP contribution in [-0.4, -0.2) is 24.4 Å². The molecule has 2 aromatic rings. The van der Waals surface area contributed by atoms with Gasteiger partial charge >= 0.3 is 0 Å². The van der Waals surface area contributed by atoms with Crippen LogP contribution in [0.3, 0.4) is 0 Å². The molecule has 1 aromatic heterocycles. The van der Waals surface area contributed by atoms with Gasteiger partial charge in [-0.3, -0.25) is 4.79 Å². The highest BCUT2D eigenvalue weighted by Crippen LogP contribution is 2.22. The molecule has 0 aliphatic heterocycles. The molecule has 6 heteroatoms. The van der Waals surface area contributed by atoms with Crippen molar-refractivity contribution in [3.63, 3.8) is 0 Å². The summed E-state index contributed by atoms with van der Waals surface area (Å²) in [5, 5.41) is 2.84. The zero-order valence-corrected chi connectivity index (χ0v) is 13.4. The highest BCUT2D eigenvalue weighted by Gasteiger charge is 2.07. The molecule has 0 bridgehead atoms. The summed E-state index contributed by atoms with van der Waals surface area (Å²) >= 11 is 7.46. The van der Waals surface area contributed by atoms with E-state index in [0.29, 0.717) is 18.7 Å². The molecule has 0 saturated heterocycles. The second-order valence-corrected chi connectivity index (χ2v) is 6.67. The third-order valence-corrected chi connectivity index (χ3v) is 4.16. The van der Waals surface area contributed by atoms with Crippen molar-refractivity contribution in [3.8, 4) is 0 Å². The Labute approximate surface area is 133 Å². The molecular weight excluding hydrogens is 306 g/mol. The van der Waals surface area contributed by atoms with E-state index in [2.05, 4.69) is 10.2 Å². The highest BCUT2D eigenvalue weighted by atomic mass is 35.5. The molecular formula is C15H18ClN3OS. The number of hydrogen-bond donors (Lipinski definition) is 2. The van der Waals surface area contributed by atoms with E-state index >= 15 is 0 Å². The summed E-state index contributed by atoms with van der Waals surface area (Å²) in [5.41, 5.74) is 7.04. The van der Waals surface area contributed by atoms with Crippen LogP contribution >= 0.6 is 22.9 Å². The number of thiophene rings is 1. The van der Waals surface area contributed by atoms with Crippen LogP contribution in [0.25, 0.3) is 0 Å². The largest absolute Gasteiger partial charge is 0.399 e. The number of nitrogen functional groups attached to an aromatic ring is 1. The second kappa shape index (κ2) is 7.45. The van der Waals surface area contributed by atoms with Crippen LogP contribution in [0, 0.1) is 0 Å². The summed E-state index contributed by atoms with van der Waals surface area (Å²) in [6.45, 7) is 1.48. The number of amides is 1. The van der Waals surface area contributed by atoms with Crippen molar-refractivity contribution in [1.29, 1.82) is 0 Å². The van der Waals surface area contributed by atoms with Gasteiger partial charge in [0, 0.05) is 35.8 Å². The van der Waals surface area contributed by atoms with Crippen molar-refractivity contribution in [2.75, 3.05) is 24.6 Å². The van der Waals surface area contributed by atoms with E-state index in [0.717, 1.165) is 16.6 Å². The number of nitrogens with two attached hydrogens (primary N) is 1. The number of carbonyl (C=O) groups is 1. The molecule has 3 N–H and O–H groups in total. The molecule has 0 saturated carbocycles. The Kier molecular flexibility index (Phi) is 5.61. The standard InChI is InChI=1S/C15H18ClN3OS/c1-19(10-13-5-6-14(16)21-13)8-7-15(20)18-12-4-2-3-11(17)9-12/h2-6,9H,7-8,10,17H2,1H3,(H,18,20). The fraction of sp³-hybridized carbons (Fsp3) is 0.267. The minimum atomic E-state index is -0.0170. The Bertz CT molecular complexity index is 614. The summed E-state index contributed by atoms with van der Waals surface area (Å²) in [5.74, 6) is -0.0170. The Morgan fingerprint density at radius 1 is 1.38 bits per heavy atom. The maximum absolute atomic E-state index is 11.9. The topological polar surface area (TPSA) is 58.4 Å². The first kappa shape index (κ1) is 15.8. The van der Waals surface area contributed by atoms with Crippen LogP contribution < -0.4 is 11.1 Å². The molecule has 21 heavy (non-hydrogen) atoms. The van der Waals surface area contributed by atoms with Crippen LogP contribution in [-0.2, 0) is 11.3 Å². The van der Waals surface area contributed by atoms with Gasteiger partial charge in [-0.05, 0) is 37.4 Å². The maximum Gasteiger partial charge on any atom is 0.225 e. The van der Waals surface area contributed by atoms with Gasteiger partial charge in [0.05, 0.1) is 4.34 Å². The first-order valence-corrected chi connectivity index (χ1v) is 7.80. The van der Waals surface area contributed by atoms with Gasteiger partial charge in [0.1, 0.15) is 0 Å². The second-order valence-electron chi connectivity index (χ2n) is 4.87. The van der Waals surface area contributed by atoms with Crippen LogP contribution in [0.2, 0.25) is 4.34 Å². The quantitative estimate of drug-likeness (QED) is 0.801. The van der Waals surface area contributed by atoms with E-state index < -0.39 is 0 Å². The maximum atomic E-state index is 11.9. The molecule has 0 radical (unpaired) electrons. The van der Waals surface area contributed by atoms with E-state index in [4.69, 9.17) is 17.3 Å². The predicted molar refractivity (Wildman–Crippen MR) is 89.8 cm³/mol. The van der Waals surface area contributed by atoms with E-state index in [9.17, 15) is 4.79 Å². The average Bonchev–Trinajstić information content (AvgIpc) is 2.82. The normalized spacial score (nSPS) is 10.8. The van der Waals surface area contributed by atoms with E-state index in [1.54, 1.807) is 23.5 Å². The van der Waals surface area contributed by atoms with Gasteiger partial charge < -0.3 is 16.0 Å². The number of benzene rings is 1. The molecule has 112 valence electrons. The smallest absolute Gasteiger partial charge is 0.225 e. The number of rotatable bonds is 6. The summed E-state index contributed by atoms with van der Waals surface area (Å²) in [6.07, 6.45) is 0.435. The lowest BCUT2D eigenvalue weighted by molar-refractivity contribution is -0.116. The third-order valence-electron chi connectivity index (χ3n) is 2.95. The number of carbonyl (C=O) groups excluding carboxylic acids is 1. The van der Waals surface area contributed by atoms with Crippen molar-refractivity contribution in [3.05, 3.63) is 45.6 Å². The van der Waals surface area contributed by atoms with Gasteiger partial charge in [-0.15, -0.1) is 11.3 Å². The first-order valence-electron chi connectivity index (χ1n) is 6.61. The molecule has 0 fully saturated rings. The number of nitrogens with one attached hydrogen (secondary N) is 1. The van der Waals surface area contributed by atoms with Crippen molar-refractivity contribution in [1.82, 2.24) is 4.90 Å². The van der Waals surface area contributed by atoms with Gasteiger partial charge in [0.15, 0.2) is 0 Å². The van der Waals surface area contributed by atoms with Crippen LogP contribution in [0.15, 0.2) is 36.4 Å². The fourth-order valence-corrected chi connectivity index (χ4v) is 3.08. The molecule has 0 atom stereocenters. The molecule has 0 spiro atoms. The van der Waals surface area contributed by atoms with Gasteiger partial charge in [0.2, 0.25) is 5.91 Å². The molecule has 1 amide bonds. The third kappa shape index (κ3) is 5.38. The van der Waals surface area contributed by atoms with Crippen molar-refractivity contribution >= 4 is 40.2 Å². The summed E-state index contributed by atoms with van der Waals surface area (Å²) in [4.78, 5) is 15.2. The van der Waals surface area contributed by atoms with Crippen molar-refractivity contribution in [2.24, 2.45) is 0 Å². The van der Waals surface area contributed by atoms with Crippen molar-refractivity contribution < 1.29 is 4.79 Å². The zero-order valence-electron chi connectivity index (χ0n) is 11.8. The highest BCUT2D eigenvalue weighted by molar-refractivity contribution is 7.16. The number of halogens is 1. The van der Waals surface area contributed by atoms with Gasteiger partial charge in [-0.25, -0.2) is 0 Å². The van der Waals surface area contributed by atoms with Gasteiger partial charge in [-0.2, -0.15) is 0 Å². The molecule has 4 nitrogen and oxygen atoms in total. The van der Waals surface area contributed by atoms with Gasteiger partial charge in [0.25, 0.3) is 0 Å². The lowest BCUT2D eigenvalue weighted by Gasteiger charge is -2.15. The molecule has 1 aromatic carbocycles. The first-order chi connectivity index (χ1) is 10.0. The number of nitrogens with zero attached hydrogens (tertiary/aromatic N) is 1. The molecule has 2 rings (SSSR count). The Hall–Kier alpha value is -1.56. The zero-order chi connectivity index (χ0) is 15.2. The van der Waals surface area contributed by atoms with Crippen molar-refractivity contribution in [2.45, 2.75) is 13.0 Å². The van der Waals surface area contributed by atoms with Crippen LogP contribution in [0.5, 0.6) is 0 Å². The molecule has 1 heterocycles. The van der Waals surface area contributed by atoms with Crippen LogP contribution in [0.1, 0.15) is 11.3 Å². The minimum absolute atomic E-state index is 0.0170. The Morgan fingerprint density at radius 3 is 2.86 bits per heavy atom. The predicted octanol–water partition coefficient (Wildman–Crippen LogP) is 3.44. The number of hydrogen-bond acceptors (Lipinski definition) is 4. The Morgan fingerprint density at radius 2 is 2.19 bits per heavy atom. The summed E-state index contributed by atoms with van der Waals surface area (Å²) in [6, 6.07) is 11.1. The lowest BCUT2D eigenvalue weighted by atomic mass is 10.2. The van der Waals surface area contributed by atoms with E-state index in [1.165, 1.54) is 4.88 Å². The summed E-state index contributed by atoms with van der Waals surface area (Å²) in [7, 11) is 1.99. The van der Waals surface area contributed by atoms with Gasteiger partial charge in [-0.1, -0.05) is 17.7 Å². The lowest BCUT2D eigenvalue weighted by Crippen LogP contribution is -2.23. The molecule has 0 aliphatic rings. The fourth-order valence-electron chi connectivity index (χ4n) is 1.91. The average molecular weight is 324 g/mol. The van der Waals surface area contributed by atoms with Crippen LogP contribution in [0.4, 0.5) is 11.4 Å². The molecule has 0 aliphatic carbocycles. The van der Waals surface area contributed by atoms with E-state index in [-0.39, 0.29) is 5.91 Å². The Balaban J connectivity index is 1.75. The van der Waals surface area contributed by atoms with E-state index in [1.807, 2.05) is 31.3 Å². The SMILES string of the molecule is CN(CCC(=O)Nc1cccc(N)c1)Cc1ccc(Cl)s1. The number of anilines is 2. The monoisotopic (exact) mass is 323 g/mol.